The standard InChI is InChI=1S/C6H11NO3/c1-3-10-6(8)5(4-7)9-2/h4H,3,7H2,1-2H3. The zero-order valence-corrected chi connectivity index (χ0v) is 6.09. The molecule has 0 aromatic heterocycles. The lowest BCUT2D eigenvalue weighted by Gasteiger charge is -2.02. The van der Waals surface area contributed by atoms with E-state index >= 15 is 0 Å². The Hall–Kier alpha value is -1.19. The summed E-state index contributed by atoms with van der Waals surface area (Å²) in [6.07, 6.45) is 1.07. The first-order chi connectivity index (χ1) is 4.76. The Balaban J connectivity index is 3.91. The number of hydrogen-bond donors (Lipinski definition) is 1. The second kappa shape index (κ2) is 4.67. The van der Waals surface area contributed by atoms with Gasteiger partial charge in [0.05, 0.1) is 13.7 Å². The number of methoxy groups -OCH3 is 1. The molecule has 0 aromatic rings. The minimum atomic E-state index is -0.535. The van der Waals surface area contributed by atoms with E-state index in [9.17, 15) is 4.79 Å². The van der Waals surface area contributed by atoms with Gasteiger partial charge in [0, 0.05) is 6.20 Å². The Kier molecular flexibility index (Phi) is 4.11. The molecule has 0 aromatic carbocycles. The SMILES string of the molecule is CCOC(=O)C(=CN)OC. The first kappa shape index (κ1) is 8.81. The fourth-order valence-corrected chi connectivity index (χ4v) is 0.422. The Bertz CT molecular complexity index is 142. The molecule has 0 aliphatic carbocycles. The molecule has 0 spiro atoms. The van der Waals surface area contributed by atoms with Crippen molar-refractivity contribution in [2.24, 2.45) is 5.73 Å². The number of ether oxygens (including phenoxy) is 2. The molecule has 0 rings (SSSR count). The van der Waals surface area contributed by atoms with Crippen molar-refractivity contribution in [1.82, 2.24) is 0 Å². The second-order valence-corrected chi connectivity index (χ2v) is 1.46. The molecule has 0 saturated carbocycles. The van der Waals surface area contributed by atoms with Crippen LogP contribution in [0.15, 0.2) is 12.0 Å². The maximum absolute atomic E-state index is 10.7. The lowest BCUT2D eigenvalue weighted by atomic mass is 10.5. The first-order valence-electron chi connectivity index (χ1n) is 2.89. The molecule has 4 heteroatoms. The van der Waals surface area contributed by atoms with Crippen molar-refractivity contribution >= 4 is 5.97 Å². The molecule has 2 N–H and O–H groups in total. The number of hydrogen-bond acceptors (Lipinski definition) is 4. The molecule has 0 unspecified atom stereocenters. The van der Waals surface area contributed by atoms with E-state index < -0.39 is 5.97 Å². The summed E-state index contributed by atoms with van der Waals surface area (Å²) in [5.74, 6) is -0.505. The third-order valence-corrected chi connectivity index (χ3v) is 0.848. The van der Waals surface area contributed by atoms with E-state index in [2.05, 4.69) is 9.47 Å². The van der Waals surface area contributed by atoms with Gasteiger partial charge in [0.1, 0.15) is 0 Å². The molecule has 0 aliphatic heterocycles. The number of nitrogens with two attached hydrogens (primary N) is 1. The van der Waals surface area contributed by atoms with Gasteiger partial charge in [0.15, 0.2) is 0 Å². The minimum Gasteiger partial charge on any atom is -0.489 e. The average Bonchev–Trinajstić information content (AvgIpc) is 1.91. The third-order valence-electron chi connectivity index (χ3n) is 0.848. The number of carbonyl (C=O) groups excluding carboxylic acids is 1. The van der Waals surface area contributed by atoms with Crippen LogP contribution >= 0.6 is 0 Å². The second-order valence-electron chi connectivity index (χ2n) is 1.46. The van der Waals surface area contributed by atoms with Gasteiger partial charge in [-0.3, -0.25) is 0 Å². The molecule has 0 fully saturated rings. The molecule has 0 amide bonds. The van der Waals surface area contributed by atoms with Gasteiger partial charge in [0.25, 0.3) is 0 Å². The van der Waals surface area contributed by atoms with Gasteiger partial charge in [-0.15, -0.1) is 0 Å². The summed E-state index contributed by atoms with van der Waals surface area (Å²) in [5.41, 5.74) is 5.03. The van der Waals surface area contributed by atoms with Crippen molar-refractivity contribution in [1.29, 1.82) is 0 Å². The van der Waals surface area contributed by atoms with E-state index in [4.69, 9.17) is 5.73 Å². The Morgan fingerprint density at radius 2 is 2.30 bits per heavy atom. The van der Waals surface area contributed by atoms with Crippen LogP contribution in [-0.4, -0.2) is 19.7 Å². The number of esters is 1. The van der Waals surface area contributed by atoms with E-state index in [1.165, 1.54) is 7.11 Å². The van der Waals surface area contributed by atoms with E-state index in [-0.39, 0.29) is 5.76 Å². The Labute approximate surface area is 59.6 Å². The summed E-state index contributed by atoms with van der Waals surface area (Å²) >= 11 is 0. The smallest absolute Gasteiger partial charge is 0.375 e. The molecule has 0 radical (unpaired) electrons. The number of carbonyl (C=O) groups is 1. The molecule has 0 saturated heterocycles. The summed E-state index contributed by atoms with van der Waals surface area (Å²) in [6, 6.07) is 0. The molecule has 0 atom stereocenters. The first-order valence-corrected chi connectivity index (χ1v) is 2.89. The van der Waals surface area contributed by atoms with Crippen molar-refractivity contribution in [3.8, 4) is 0 Å². The summed E-state index contributed by atoms with van der Waals surface area (Å²) < 4.78 is 9.15. The quantitative estimate of drug-likeness (QED) is 0.345. The van der Waals surface area contributed by atoms with Crippen LogP contribution in [0.25, 0.3) is 0 Å². The van der Waals surface area contributed by atoms with Crippen molar-refractivity contribution in [3.63, 3.8) is 0 Å². The molecule has 10 heavy (non-hydrogen) atoms. The van der Waals surface area contributed by atoms with Crippen LogP contribution in [0.3, 0.4) is 0 Å². The van der Waals surface area contributed by atoms with E-state index in [1.807, 2.05) is 0 Å². The van der Waals surface area contributed by atoms with Gasteiger partial charge in [-0.1, -0.05) is 0 Å². The van der Waals surface area contributed by atoms with Crippen LogP contribution < -0.4 is 5.73 Å². The van der Waals surface area contributed by atoms with Gasteiger partial charge >= 0.3 is 5.97 Å². The fraction of sp³-hybridized carbons (Fsp3) is 0.500. The van der Waals surface area contributed by atoms with Crippen LogP contribution in [0.4, 0.5) is 0 Å². The van der Waals surface area contributed by atoms with Gasteiger partial charge < -0.3 is 15.2 Å². The van der Waals surface area contributed by atoms with Crippen molar-refractivity contribution < 1.29 is 14.3 Å². The predicted octanol–water partition coefficient (Wildman–Crippen LogP) is -0.00400. The molecule has 0 heterocycles. The minimum absolute atomic E-state index is 0.0295. The van der Waals surface area contributed by atoms with Gasteiger partial charge in [-0.2, -0.15) is 0 Å². The summed E-state index contributed by atoms with van der Waals surface area (Å²) in [6.45, 7) is 2.03. The molecule has 0 bridgehead atoms. The normalized spacial score (nSPS) is 10.8. The van der Waals surface area contributed by atoms with Crippen LogP contribution in [-0.2, 0) is 14.3 Å². The van der Waals surface area contributed by atoms with Crippen LogP contribution in [0.2, 0.25) is 0 Å². The molecule has 58 valence electrons. The van der Waals surface area contributed by atoms with Crippen molar-refractivity contribution in [3.05, 3.63) is 12.0 Å². The fourth-order valence-electron chi connectivity index (χ4n) is 0.422. The zero-order valence-electron chi connectivity index (χ0n) is 6.09. The molecular formula is C6H11NO3. The predicted molar refractivity (Wildman–Crippen MR) is 35.9 cm³/mol. The highest BCUT2D eigenvalue weighted by molar-refractivity contribution is 5.85. The molecular weight excluding hydrogens is 134 g/mol. The highest BCUT2D eigenvalue weighted by Crippen LogP contribution is 1.95. The third kappa shape index (κ3) is 2.39. The van der Waals surface area contributed by atoms with Gasteiger partial charge in [-0.05, 0) is 6.92 Å². The average molecular weight is 145 g/mol. The topological polar surface area (TPSA) is 61.5 Å². The van der Waals surface area contributed by atoms with Crippen molar-refractivity contribution in [2.45, 2.75) is 6.92 Å². The van der Waals surface area contributed by atoms with Gasteiger partial charge in [0.2, 0.25) is 5.76 Å². The Morgan fingerprint density at radius 3 is 2.60 bits per heavy atom. The largest absolute Gasteiger partial charge is 0.489 e. The summed E-state index contributed by atoms with van der Waals surface area (Å²) in [5, 5.41) is 0. The summed E-state index contributed by atoms with van der Waals surface area (Å²) in [4.78, 5) is 10.7. The van der Waals surface area contributed by atoms with Crippen LogP contribution in [0.1, 0.15) is 6.92 Å². The highest BCUT2D eigenvalue weighted by Gasteiger charge is 2.08. The summed E-state index contributed by atoms with van der Waals surface area (Å²) in [7, 11) is 1.36. The maximum Gasteiger partial charge on any atom is 0.375 e. The monoisotopic (exact) mass is 145 g/mol. The van der Waals surface area contributed by atoms with E-state index in [0.29, 0.717) is 6.61 Å². The van der Waals surface area contributed by atoms with E-state index in [1.54, 1.807) is 6.92 Å². The lowest BCUT2D eigenvalue weighted by molar-refractivity contribution is -0.142. The molecule has 4 nitrogen and oxygen atoms in total. The Morgan fingerprint density at radius 1 is 1.70 bits per heavy atom. The van der Waals surface area contributed by atoms with Gasteiger partial charge in [-0.25, -0.2) is 4.79 Å². The zero-order chi connectivity index (χ0) is 7.98. The van der Waals surface area contributed by atoms with Crippen molar-refractivity contribution in [2.75, 3.05) is 13.7 Å². The molecule has 0 aliphatic rings. The van der Waals surface area contributed by atoms with Crippen LogP contribution in [0.5, 0.6) is 0 Å². The highest BCUT2D eigenvalue weighted by atomic mass is 16.6. The lowest BCUT2D eigenvalue weighted by Crippen LogP contribution is -2.10. The maximum atomic E-state index is 10.7. The number of rotatable bonds is 3. The van der Waals surface area contributed by atoms with Crippen LogP contribution in [0, 0.1) is 0 Å². The van der Waals surface area contributed by atoms with E-state index in [0.717, 1.165) is 6.20 Å².